The number of aromatic nitrogens is 4. The molecule has 1 amide bonds. The molecule has 0 radical (unpaired) electrons. The van der Waals surface area contributed by atoms with Gasteiger partial charge in [0.25, 0.3) is 5.91 Å². The number of aryl methyl sites for hydroxylation is 1. The lowest BCUT2D eigenvalue weighted by molar-refractivity contribution is -0.0507. The van der Waals surface area contributed by atoms with Gasteiger partial charge in [-0.1, -0.05) is 17.9 Å². The molecule has 4 heterocycles. The first-order valence-electron chi connectivity index (χ1n) is 12.5. The van der Waals surface area contributed by atoms with Gasteiger partial charge in [0, 0.05) is 41.2 Å². The first-order chi connectivity index (χ1) is 18.6. The van der Waals surface area contributed by atoms with E-state index in [0.29, 0.717) is 33.7 Å². The van der Waals surface area contributed by atoms with E-state index in [1.54, 1.807) is 29.8 Å². The van der Waals surface area contributed by atoms with E-state index in [0.717, 1.165) is 4.90 Å². The molecule has 0 spiro atoms. The van der Waals surface area contributed by atoms with Crippen molar-refractivity contribution in [1.82, 2.24) is 24.2 Å². The first kappa shape index (κ1) is 18.6. The fourth-order valence-corrected chi connectivity index (χ4v) is 4.99. The van der Waals surface area contributed by atoms with Crippen molar-refractivity contribution in [3.8, 4) is 23.7 Å². The fourth-order valence-electron chi connectivity index (χ4n) is 4.99. The molecule has 6 rings (SSSR count). The average molecular weight is 487 g/mol. The second kappa shape index (κ2) is 7.92. The molecule has 2 aromatic heterocycles. The van der Waals surface area contributed by atoms with Crippen LogP contribution in [0, 0.1) is 23.2 Å². The molecule has 0 N–H and O–H groups in total. The molecule has 0 fully saturated rings. The average Bonchev–Trinajstić information content (AvgIpc) is 3.50. The van der Waals surface area contributed by atoms with Gasteiger partial charge in [0.2, 0.25) is 0 Å². The SMILES string of the molecule is [2H]C([2H])([2H])N1C(=O)c2cccc(OC(F)F)c2[C@H]2C[C@@H]1c1nc3ccc(C#Cc4cnn(C)c4C#N)cc3n12. The monoisotopic (exact) mass is 487 g/mol. The quantitative estimate of drug-likeness (QED) is 0.402. The van der Waals surface area contributed by atoms with Crippen LogP contribution in [0.2, 0.25) is 0 Å². The Bertz CT molecular complexity index is 1780. The first-order valence-corrected chi connectivity index (χ1v) is 11.0. The number of carbonyl (C=O) groups is 1. The molecule has 2 aromatic carbocycles. The summed E-state index contributed by atoms with van der Waals surface area (Å²) in [4.78, 5) is 19.0. The topological polar surface area (TPSA) is 89.0 Å². The van der Waals surface area contributed by atoms with Crippen molar-refractivity contribution in [1.29, 1.82) is 5.26 Å². The number of carbonyl (C=O) groups excluding carboxylic acids is 1. The maximum atomic E-state index is 13.5. The fraction of sp³-hybridized carbons (Fsp3) is 0.231. The highest BCUT2D eigenvalue weighted by Gasteiger charge is 2.45. The summed E-state index contributed by atoms with van der Waals surface area (Å²) in [5.74, 6) is 5.30. The normalized spacial score (nSPS) is 19.5. The summed E-state index contributed by atoms with van der Waals surface area (Å²) < 4.78 is 59.0. The maximum Gasteiger partial charge on any atom is 0.387 e. The smallest absolute Gasteiger partial charge is 0.387 e. The number of hydrogen-bond donors (Lipinski definition) is 0. The Morgan fingerprint density at radius 1 is 1.25 bits per heavy atom. The summed E-state index contributed by atoms with van der Waals surface area (Å²) >= 11 is 0. The highest BCUT2D eigenvalue weighted by atomic mass is 19.3. The van der Waals surface area contributed by atoms with Crippen LogP contribution in [0.25, 0.3) is 11.0 Å². The minimum Gasteiger partial charge on any atom is -0.434 e. The van der Waals surface area contributed by atoms with Gasteiger partial charge in [-0.25, -0.2) is 4.98 Å². The van der Waals surface area contributed by atoms with Crippen molar-refractivity contribution in [2.45, 2.75) is 25.1 Å². The third-order valence-corrected chi connectivity index (χ3v) is 6.54. The molecule has 2 bridgehead atoms. The number of rotatable bonds is 2. The van der Waals surface area contributed by atoms with Crippen molar-refractivity contribution in [3.63, 3.8) is 0 Å². The number of amides is 1. The summed E-state index contributed by atoms with van der Waals surface area (Å²) in [6.07, 6.45) is 1.62. The van der Waals surface area contributed by atoms with Crippen molar-refractivity contribution in [3.05, 3.63) is 76.4 Å². The molecular weight excluding hydrogens is 466 g/mol. The zero-order chi connectivity index (χ0) is 27.6. The Kier molecular flexibility index (Phi) is 4.09. The zero-order valence-corrected chi connectivity index (χ0v) is 18.7. The predicted molar refractivity (Wildman–Crippen MR) is 124 cm³/mol. The van der Waals surface area contributed by atoms with Crippen molar-refractivity contribution >= 4 is 16.9 Å². The molecular formula is C26H18F2N6O2. The summed E-state index contributed by atoms with van der Waals surface area (Å²) in [5.41, 5.74) is 2.64. The van der Waals surface area contributed by atoms with Gasteiger partial charge in [0.15, 0.2) is 5.69 Å². The Balaban J connectivity index is 1.56. The molecule has 0 aliphatic carbocycles. The van der Waals surface area contributed by atoms with Crippen LogP contribution in [-0.4, -0.2) is 43.7 Å². The van der Waals surface area contributed by atoms with E-state index in [4.69, 9.17) is 8.85 Å². The van der Waals surface area contributed by atoms with Gasteiger partial charge in [-0.05, 0) is 30.3 Å². The Hall–Kier alpha value is -4.70. The van der Waals surface area contributed by atoms with E-state index in [9.17, 15) is 18.8 Å². The summed E-state index contributed by atoms with van der Waals surface area (Å²) in [5, 5.41) is 13.4. The molecule has 2 atom stereocenters. The van der Waals surface area contributed by atoms with Crippen molar-refractivity contribution in [2.75, 3.05) is 6.98 Å². The molecule has 2 aliphatic heterocycles. The van der Waals surface area contributed by atoms with Crippen LogP contribution in [0.15, 0.2) is 42.6 Å². The molecule has 4 aromatic rings. The van der Waals surface area contributed by atoms with E-state index >= 15 is 0 Å². The van der Waals surface area contributed by atoms with Gasteiger partial charge in [-0.2, -0.15) is 19.1 Å². The Morgan fingerprint density at radius 2 is 2.11 bits per heavy atom. The number of hydrogen-bond acceptors (Lipinski definition) is 5. The van der Waals surface area contributed by atoms with Gasteiger partial charge in [-0.15, -0.1) is 0 Å². The van der Waals surface area contributed by atoms with Gasteiger partial charge in [0.1, 0.15) is 17.6 Å². The number of nitrogens with zero attached hydrogens (tertiary/aromatic N) is 6. The highest BCUT2D eigenvalue weighted by Crippen LogP contribution is 2.49. The Morgan fingerprint density at radius 3 is 2.89 bits per heavy atom. The number of benzene rings is 2. The van der Waals surface area contributed by atoms with Crippen LogP contribution in [0.3, 0.4) is 0 Å². The molecule has 0 saturated heterocycles. The highest BCUT2D eigenvalue weighted by molar-refractivity contribution is 5.97. The van der Waals surface area contributed by atoms with E-state index < -0.39 is 31.6 Å². The molecule has 2 aliphatic rings. The number of halogens is 2. The zero-order valence-electron chi connectivity index (χ0n) is 21.7. The third-order valence-electron chi connectivity index (χ3n) is 6.54. The van der Waals surface area contributed by atoms with Crippen LogP contribution in [0.4, 0.5) is 8.78 Å². The molecule has 0 unspecified atom stereocenters. The lowest BCUT2D eigenvalue weighted by Gasteiger charge is -2.24. The van der Waals surface area contributed by atoms with Crippen LogP contribution in [-0.2, 0) is 7.05 Å². The van der Waals surface area contributed by atoms with E-state index in [-0.39, 0.29) is 23.3 Å². The summed E-state index contributed by atoms with van der Waals surface area (Å²) in [6, 6.07) is 9.81. The lowest BCUT2D eigenvalue weighted by Crippen LogP contribution is -2.30. The van der Waals surface area contributed by atoms with Crippen LogP contribution < -0.4 is 4.74 Å². The maximum absolute atomic E-state index is 13.5. The molecule has 10 heteroatoms. The van der Waals surface area contributed by atoms with Crippen LogP contribution in [0.5, 0.6) is 5.75 Å². The van der Waals surface area contributed by atoms with E-state index in [2.05, 4.69) is 28.0 Å². The largest absolute Gasteiger partial charge is 0.434 e. The summed E-state index contributed by atoms with van der Waals surface area (Å²) in [6.45, 7) is -5.95. The van der Waals surface area contributed by atoms with Crippen molar-refractivity contribution < 1.29 is 22.4 Å². The standard InChI is InChI=1S/C26H18F2N6O2/c1-32-20-11-19(23-16(25(32)35)4-3-5-22(23)36-26(27)28)34-18-10-14(7-9-17(18)31-24(20)34)6-8-15-13-30-33(2)21(15)12-29/h3-5,7,9-10,13,19-20,26H,11H2,1-2H3/t19-,20-/m1/s1/i1D3. The van der Waals surface area contributed by atoms with Gasteiger partial charge in [0.05, 0.1) is 34.9 Å². The number of fused-ring (bicyclic) bond motifs is 9. The second-order valence-electron chi connectivity index (χ2n) is 8.47. The van der Waals surface area contributed by atoms with Gasteiger partial charge < -0.3 is 14.2 Å². The number of imidazole rings is 1. The molecule has 8 nitrogen and oxygen atoms in total. The van der Waals surface area contributed by atoms with Crippen molar-refractivity contribution in [2.24, 2.45) is 7.05 Å². The number of nitriles is 1. The third kappa shape index (κ3) is 3.15. The van der Waals surface area contributed by atoms with E-state index in [1.165, 1.54) is 29.1 Å². The predicted octanol–water partition coefficient (Wildman–Crippen LogP) is 3.76. The Labute approximate surface area is 208 Å². The number of alkyl halides is 2. The minimum atomic E-state index is -3.14. The lowest BCUT2D eigenvalue weighted by atomic mass is 9.97. The second-order valence-corrected chi connectivity index (χ2v) is 8.47. The number of ether oxygens (including phenoxy) is 1. The van der Waals surface area contributed by atoms with E-state index in [1.807, 2.05) is 0 Å². The van der Waals surface area contributed by atoms with Crippen LogP contribution >= 0.6 is 0 Å². The molecule has 178 valence electrons. The summed E-state index contributed by atoms with van der Waals surface area (Å²) in [7, 11) is 1.64. The minimum absolute atomic E-state index is 0.0131. The molecule has 0 saturated carbocycles. The van der Waals surface area contributed by atoms with Gasteiger partial charge in [-0.3, -0.25) is 9.48 Å². The van der Waals surface area contributed by atoms with Gasteiger partial charge >= 0.3 is 6.61 Å². The molecule has 36 heavy (non-hydrogen) atoms. The van der Waals surface area contributed by atoms with Crippen LogP contribution in [0.1, 0.15) is 61.2 Å².